The van der Waals surface area contributed by atoms with Crippen LogP contribution in [0.1, 0.15) is 31.1 Å². The van der Waals surface area contributed by atoms with Gasteiger partial charge >= 0.3 is 5.63 Å². The minimum Gasteiger partial charge on any atom is -0.427 e. The van der Waals surface area contributed by atoms with Crippen LogP contribution in [-0.4, -0.2) is 0 Å². The summed E-state index contributed by atoms with van der Waals surface area (Å²) >= 11 is 0. The smallest absolute Gasteiger partial charge is 0.343 e. The van der Waals surface area contributed by atoms with Crippen LogP contribution in [-0.2, 0) is 6.42 Å². The highest BCUT2D eigenvalue weighted by atomic mass is 16.4. The van der Waals surface area contributed by atoms with Crippen molar-refractivity contribution >= 4 is 10.8 Å². The van der Waals surface area contributed by atoms with Crippen molar-refractivity contribution in [2.24, 2.45) is 0 Å². The third-order valence-corrected chi connectivity index (χ3v) is 2.74. The van der Waals surface area contributed by atoms with Gasteiger partial charge in [-0.25, -0.2) is 4.79 Å². The molecule has 2 rings (SSSR count). The fourth-order valence-corrected chi connectivity index (χ4v) is 1.84. The fraction of sp³-hybridized carbons (Fsp3) is 0.357. The molecule has 16 heavy (non-hydrogen) atoms. The second-order valence-corrected chi connectivity index (χ2v) is 4.19. The lowest BCUT2D eigenvalue weighted by Gasteiger charge is -2.02. The number of fused-ring (bicyclic) bond motifs is 1. The van der Waals surface area contributed by atoms with Crippen molar-refractivity contribution in [2.45, 2.75) is 33.1 Å². The van der Waals surface area contributed by atoms with Crippen LogP contribution < -0.4 is 5.63 Å². The minimum atomic E-state index is -0.219. The van der Waals surface area contributed by atoms with E-state index in [-0.39, 0.29) is 5.63 Å². The van der Waals surface area contributed by atoms with Gasteiger partial charge in [-0.05, 0) is 30.9 Å². The Labute approximate surface area is 94.9 Å². The molecule has 1 heterocycles. The number of aryl methyl sites for hydroxylation is 2. The Morgan fingerprint density at radius 1 is 1.25 bits per heavy atom. The third-order valence-electron chi connectivity index (χ3n) is 2.74. The van der Waals surface area contributed by atoms with E-state index in [0.29, 0.717) is 5.39 Å². The molecule has 2 heteroatoms. The van der Waals surface area contributed by atoms with Crippen LogP contribution in [0.5, 0.6) is 0 Å². The van der Waals surface area contributed by atoms with E-state index in [1.54, 1.807) is 0 Å². The SMILES string of the molecule is CCCCc1cc2cc(C)ccc2c(=O)o1. The molecule has 1 aromatic carbocycles. The zero-order chi connectivity index (χ0) is 11.5. The van der Waals surface area contributed by atoms with Gasteiger partial charge in [-0.1, -0.05) is 31.0 Å². The van der Waals surface area contributed by atoms with Gasteiger partial charge < -0.3 is 4.42 Å². The second kappa shape index (κ2) is 4.52. The average Bonchev–Trinajstić information content (AvgIpc) is 2.25. The minimum absolute atomic E-state index is 0.219. The Bertz CT molecular complexity index is 552. The standard InChI is InChI=1S/C14H16O2/c1-3-4-5-12-9-11-8-10(2)6-7-13(11)14(15)16-12/h6-9H,3-5H2,1-2H3. The fourth-order valence-electron chi connectivity index (χ4n) is 1.84. The molecule has 0 radical (unpaired) electrons. The van der Waals surface area contributed by atoms with E-state index < -0.39 is 0 Å². The number of hydrogen-bond acceptors (Lipinski definition) is 2. The van der Waals surface area contributed by atoms with Crippen LogP contribution in [0.2, 0.25) is 0 Å². The van der Waals surface area contributed by atoms with Gasteiger partial charge in [0.2, 0.25) is 0 Å². The molecule has 0 atom stereocenters. The van der Waals surface area contributed by atoms with E-state index in [1.165, 1.54) is 5.56 Å². The zero-order valence-electron chi connectivity index (χ0n) is 9.75. The lowest BCUT2D eigenvalue weighted by atomic mass is 10.1. The molecule has 0 aliphatic heterocycles. The summed E-state index contributed by atoms with van der Waals surface area (Å²) in [6.45, 7) is 4.16. The lowest BCUT2D eigenvalue weighted by Crippen LogP contribution is -2.02. The van der Waals surface area contributed by atoms with Crippen molar-refractivity contribution in [3.8, 4) is 0 Å². The quantitative estimate of drug-likeness (QED) is 0.786. The second-order valence-electron chi connectivity index (χ2n) is 4.19. The molecular weight excluding hydrogens is 200 g/mol. The van der Waals surface area contributed by atoms with Crippen molar-refractivity contribution in [2.75, 3.05) is 0 Å². The van der Waals surface area contributed by atoms with Gasteiger partial charge in [0.05, 0.1) is 5.39 Å². The highest BCUT2D eigenvalue weighted by molar-refractivity contribution is 5.81. The summed E-state index contributed by atoms with van der Waals surface area (Å²) in [6, 6.07) is 7.78. The first-order valence-electron chi connectivity index (χ1n) is 5.74. The predicted molar refractivity (Wildman–Crippen MR) is 65.8 cm³/mol. The molecule has 0 N–H and O–H groups in total. The average molecular weight is 216 g/mol. The zero-order valence-corrected chi connectivity index (χ0v) is 9.75. The van der Waals surface area contributed by atoms with Crippen LogP contribution in [0.25, 0.3) is 10.8 Å². The lowest BCUT2D eigenvalue weighted by molar-refractivity contribution is 0.460. The largest absolute Gasteiger partial charge is 0.427 e. The van der Waals surface area contributed by atoms with Crippen LogP contribution in [0.4, 0.5) is 0 Å². The van der Waals surface area contributed by atoms with Crippen molar-refractivity contribution in [1.82, 2.24) is 0 Å². The van der Waals surface area contributed by atoms with Crippen LogP contribution in [0.15, 0.2) is 33.5 Å². The normalized spacial score (nSPS) is 10.9. The van der Waals surface area contributed by atoms with Gasteiger partial charge in [0.1, 0.15) is 5.76 Å². The molecule has 0 saturated heterocycles. The van der Waals surface area contributed by atoms with Crippen LogP contribution in [0.3, 0.4) is 0 Å². The number of hydrogen-bond donors (Lipinski definition) is 0. The molecule has 2 nitrogen and oxygen atoms in total. The van der Waals surface area contributed by atoms with Crippen LogP contribution in [0, 0.1) is 6.92 Å². The summed E-state index contributed by atoms with van der Waals surface area (Å²) in [5, 5.41) is 1.66. The molecule has 0 saturated carbocycles. The molecule has 0 bridgehead atoms. The van der Waals surface area contributed by atoms with Gasteiger partial charge in [0.15, 0.2) is 0 Å². The molecule has 2 aromatic rings. The maximum atomic E-state index is 11.7. The van der Waals surface area contributed by atoms with E-state index in [9.17, 15) is 4.79 Å². The Morgan fingerprint density at radius 3 is 2.81 bits per heavy atom. The number of rotatable bonds is 3. The van der Waals surface area contributed by atoms with E-state index in [1.807, 2.05) is 31.2 Å². The molecule has 1 aromatic heterocycles. The summed E-state index contributed by atoms with van der Waals surface area (Å²) in [5.41, 5.74) is 0.947. The summed E-state index contributed by atoms with van der Waals surface area (Å²) in [7, 11) is 0. The van der Waals surface area contributed by atoms with Crippen molar-refractivity contribution in [1.29, 1.82) is 0 Å². The van der Waals surface area contributed by atoms with Gasteiger partial charge in [0, 0.05) is 6.42 Å². The van der Waals surface area contributed by atoms with Gasteiger partial charge in [-0.2, -0.15) is 0 Å². The topological polar surface area (TPSA) is 30.2 Å². The highest BCUT2D eigenvalue weighted by Gasteiger charge is 2.04. The van der Waals surface area contributed by atoms with E-state index in [4.69, 9.17) is 4.42 Å². The Hall–Kier alpha value is -1.57. The van der Waals surface area contributed by atoms with Gasteiger partial charge in [-0.3, -0.25) is 0 Å². The molecule has 0 fully saturated rings. The molecule has 0 unspecified atom stereocenters. The predicted octanol–water partition coefficient (Wildman–Crippen LogP) is 3.44. The Morgan fingerprint density at radius 2 is 2.06 bits per heavy atom. The monoisotopic (exact) mass is 216 g/mol. The Balaban J connectivity index is 2.52. The van der Waals surface area contributed by atoms with Crippen molar-refractivity contribution in [3.63, 3.8) is 0 Å². The van der Waals surface area contributed by atoms with Crippen molar-refractivity contribution < 1.29 is 4.42 Å². The first-order chi connectivity index (χ1) is 7.70. The van der Waals surface area contributed by atoms with Crippen LogP contribution >= 0.6 is 0 Å². The maximum Gasteiger partial charge on any atom is 0.343 e. The molecule has 0 aliphatic carbocycles. The third kappa shape index (κ3) is 2.16. The molecule has 0 spiro atoms. The summed E-state index contributed by atoms with van der Waals surface area (Å²) in [5.74, 6) is 0.796. The number of benzene rings is 1. The van der Waals surface area contributed by atoms with E-state index in [2.05, 4.69) is 6.92 Å². The maximum absolute atomic E-state index is 11.7. The number of unbranched alkanes of at least 4 members (excludes halogenated alkanes) is 1. The molecular formula is C14H16O2. The van der Waals surface area contributed by atoms with E-state index in [0.717, 1.165) is 30.4 Å². The first kappa shape index (κ1) is 10.9. The molecule has 0 amide bonds. The van der Waals surface area contributed by atoms with E-state index >= 15 is 0 Å². The van der Waals surface area contributed by atoms with Gasteiger partial charge in [-0.15, -0.1) is 0 Å². The highest BCUT2D eigenvalue weighted by Crippen LogP contribution is 2.15. The van der Waals surface area contributed by atoms with Gasteiger partial charge in [0.25, 0.3) is 0 Å². The molecule has 0 aliphatic rings. The Kier molecular flexibility index (Phi) is 3.09. The summed E-state index contributed by atoms with van der Waals surface area (Å²) in [4.78, 5) is 11.7. The summed E-state index contributed by atoms with van der Waals surface area (Å²) in [6.07, 6.45) is 3.01. The van der Waals surface area contributed by atoms with Crippen molar-refractivity contribution in [3.05, 3.63) is 46.0 Å². The summed E-state index contributed by atoms with van der Waals surface area (Å²) < 4.78 is 5.28. The molecule has 84 valence electrons. The first-order valence-corrected chi connectivity index (χ1v) is 5.74.